The Morgan fingerprint density at radius 2 is 2.05 bits per heavy atom. The van der Waals surface area contributed by atoms with Crippen molar-refractivity contribution in [2.45, 2.75) is 13.2 Å². The maximum atomic E-state index is 12.3. The molecular formula is C13H11ClF2N2O. The third kappa shape index (κ3) is 3.79. The van der Waals surface area contributed by atoms with E-state index in [2.05, 4.69) is 15.0 Å². The van der Waals surface area contributed by atoms with Gasteiger partial charge in [-0.2, -0.15) is 8.78 Å². The number of rotatable bonds is 5. The van der Waals surface area contributed by atoms with Crippen LogP contribution in [0.1, 0.15) is 5.56 Å². The van der Waals surface area contributed by atoms with Gasteiger partial charge in [0.1, 0.15) is 5.75 Å². The van der Waals surface area contributed by atoms with Crippen molar-refractivity contribution in [3.63, 3.8) is 0 Å². The third-order valence-electron chi connectivity index (χ3n) is 2.43. The van der Waals surface area contributed by atoms with Gasteiger partial charge in [0, 0.05) is 18.3 Å². The van der Waals surface area contributed by atoms with Gasteiger partial charge in [-0.1, -0.05) is 29.8 Å². The lowest BCUT2D eigenvalue weighted by atomic mass is 10.2. The van der Waals surface area contributed by atoms with Gasteiger partial charge in [-0.05, 0) is 12.1 Å². The SMILES string of the molecule is FC(F)Oc1ccccc1CNc1cnccc1Cl. The molecule has 0 fully saturated rings. The van der Waals surface area contributed by atoms with Gasteiger partial charge >= 0.3 is 6.61 Å². The first-order chi connectivity index (χ1) is 9.16. The van der Waals surface area contributed by atoms with Gasteiger partial charge < -0.3 is 10.1 Å². The second-order valence-corrected chi connectivity index (χ2v) is 4.10. The monoisotopic (exact) mass is 284 g/mol. The van der Waals surface area contributed by atoms with E-state index < -0.39 is 6.61 Å². The van der Waals surface area contributed by atoms with Crippen molar-refractivity contribution < 1.29 is 13.5 Å². The molecule has 0 radical (unpaired) electrons. The number of ether oxygens (including phenoxy) is 1. The van der Waals surface area contributed by atoms with Crippen LogP contribution in [0.15, 0.2) is 42.7 Å². The quantitative estimate of drug-likeness (QED) is 0.903. The van der Waals surface area contributed by atoms with Crippen molar-refractivity contribution in [1.29, 1.82) is 0 Å². The van der Waals surface area contributed by atoms with Gasteiger partial charge in [0.05, 0.1) is 16.9 Å². The molecule has 0 bridgehead atoms. The number of benzene rings is 1. The van der Waals surface area contributed by atoms with E-state index in [9.17, 15) is 8.78 Å². The fourth-order valence-electron chi connectivity index (χ4n) is 1.56. The summed E-state index contributed by atoms with van der Waals surface area (Å²) < 4.78 is 29.0. The van der Waals surface area contributed by atoms with Crippen molar-refractivity contribution >= 4 is 17.3 Å². The van der Waals surface area contributed by atoms with E-state index in [4.69, 9.17) is 11.6 Å². The van der Waals surface area contributed by atoms with E-state index in [-0.39, 0.29) is 5.75 Å². The van der Waals surface area contributed by atoms with E-state index in [1.165, 1.54) is 6.07 Å². The van der Waals surface area contributed by atoms with Crippen LogP contribution in [-0.4, -0.2) is 11.6 Å². The summed E-state index contributed by atoms with van der Waals surface area (Å²) in [5.74, 6) is 0.144. The first-order valence-corrected chi connectivity index (χ1v) is 5.90. The zero-order valence-corrected chi connectivity index (χ0v) is 10.6. The summed E-state index contributed by atoms with van der Waals surface area (Å²) in [7, 11) is 0. The van der Waals surface area contributed by atoms with Gasteiger partial charge in [-0.3, -0.25) is 4.98 Å². The average molecular weight is 285 g/mol. The third-order valence-corrected chi connectivity index (χ3v) is 2.76. The lowest BCUT2D eigenvalue weighted by Gasteiger charge is -2.12. The number of nitrogens with zero attached hydrogens (tertiary/aromatic N) is 1. The molecule has 0 aliphatic carbocycles. The molecule has 0 atom stereocenters. The highest BCUT2D eigenvalue weighted by Gasteiger charge is 2.09. The van der Waals surface area contributed by atoms with Crippen LogP contribution in [0.4, 0.5) is 14.5 Å². The van der Waals surface area contributed by atoms with Gasteiger partial charge in [0.15, 0.2) is 0 Å². The predicted octanol–water partition coefficient (Wildman–Crippen LogP) is 3.95. The van der Waals surface area contributed by atoms with Gasteiger partial charge in [0.25, 0.3) is 0 Å². The molecule has 1 N–H and O–H groups in total. The Balaban J connectivity index is 2.09. The van der Waals surface area contributed by atoms with Gasteiger partial charge in [-0.25, -0.2) is 0 Å². The number of para-hydroxylation sites is 1. The van der Waals surface area contributed by atoms with Crippen molar-refractivity contribution in [2.75, 3.05) is 5.32 Å². The zero-order chi connectivity index (χ0) is 13.7. The molecule has 100 valence electrons. The number of pyridine rings is 1. The highest BCUT2D eigenvalue weighted by Crippen LogP contribution is 2.24. The minimum Gasteiger partial charge on any atom is -0.434 e. The molecule has 0 saturated carbocycles. The molecule has 2 aromatic rings. The van der Waals surface area contributed by atoms with Crippen LogP contribution in [-0.2, 0) is 6.54 Å². The van der Waals surface area contributed by atoms with E-state index in [1.807, 2.05) is 0 Å². The largest absolute Gasteiger partial charge is 0.434 e. The normalized spacial score (nSPS) is 10.5. The molecule has 1 aromatic heterocycles. The Morgan fingerprint density at radius 1 is 1.26 bits per heavy atom. The van der Waals surface area contributed by atoms with Crippen molar-refractivity contribution in [1.82, 2.24) is 4.98 Å². The number of halogens is 3. The molecule has 0 unspecified atom stereocenters. The molecular weight excluding hydrogens is 274 g/mol. The fraction of sp³-hybridized carbons (Fsp3) is 0.154. The van der Waals surface area contributed by atoms with Crippen LogP contribution in [0.25, 0.3) is 0 Å². The Kier molecular flexibility index (Phi) is 4.52. The van der Waals surface area contributed by atoms with Crippen molar-refractivity contribution in [2.24, 2.45) is 0 Å². The number of anilines is 1. The molecule has 6 heteroatoms. The van der Waals surface area contributed by atoms with Crippen molar-refractivity contribution in [3.05, 3.63) is 53.3 Å². The molecule has 0 aliphatic rings. The Morgan fingerprint density at radius 3 is 2.79 bits per heavy atom. The number of nitrogens with one attached hydrogen (secondary N) is 1. The second kappa shape index (κ2) is 6.33. The molecule has 2 rings (SSSR count). The highest BCUT2D eigenvalue weighted by molar-refractivity contribution is 6.33. The lowest BCUT2D eigenvalue weighted by Crippen LogP contribution is -2.07. The molecule has 19 heavy (non-hydrogen) atoms. The van der Waals surface area contributed by atoms with E-state index in [0.29, 0.717) is 22.8 Å². The molecule has 0 aliphatic heterocycles. The first kappa shape index (κ1) is 13.5. The van der Waals surface area contributed by atoms with Crippen LogP contribution < -0.4 is 10.1 Å². The highest BCUT2D eigenvalue weighted by atomic mass is 35.5. The average Bonchev–Trinajstić information content (AvgIpc) is 2.39. The summed E-state index contributed by atoms with van der Waals surface area (Å²) in [6.45, 7) is -2.53. The number of hydrogen-bond donors (Lipinski definition) is 1. The number of hydrogen-bond acceptors (Lipinski definition) is 3. The minimum absolute atomic E-state index is 0.144. The summed E-state index contributed by atoms with van der Waals surface area (Å²) in [4.78, 5) is 3.93. The van der Waals surface area contributed by atoms with Crippen LogP contribution in [0.2, 0.25) is 5.02 Å². The molecule has 0 spiro atoms. The summed E-state index contributed by atoms with van der Waals surface area (Å²) in [6.07, 6.45) is 3.14. The summed E-state index contributed by atoms with van der Waals surface area (Å²) in [5.41, 5.74) is 1.25. The second-order valence-electron chi connectivity index (χ2n) is 3.70. The predicted molar refractivity (Wildman–Crippen MR) is 69.6 cm³/mol. The van der Waals surface area contributed by atoms with E-state index in [1.54, 1.807) is 36.7 Å². The van der Waals surface area contributed by atoms with Crippen LogP contribution in [0, 0.1) is 0 Å². The lowest BCUT2D eigenvalue weighted by molar-refractivity contribution is -0.0504. The van der Waals surface area contributed by atoms with Gasteiger partial charge in [0.2, 0.25) is 0 Å². The molecule has 0 amide bonds. The fourth-order valence-corrected chi connectivity index (χ4v) is 1.73. The molecule has 1 heterocycles. The van der Waals surface area contributed by atoms with Gasteiger partial charge in [-0.15, -0.1) is 0 Å². The van der Waals surface area contributed by atoms with Crippen LogP contribution in [0.5, 0.6) is 5.75 Å². The minimum atomic E-state index is -2.84. The van der Waals surface area contributed by atoms with Crippen molar-refractivity contribution in [3.8, 4) is 5.75 Å². The molecule has 0 saturated heterocycles. The summed E-state index contributed by atoms with van der Waals surface area (Å²) in [5, 5.41) is 3.54. The smallest absolute Gasteiger partial charge is 0.387 e. The van der Waals surface area contributed by atoms with E-state index in [0.717, 1.165) is 0 Å². The Hall–Kier alpha value is -1.88. The molecule has 1 aromatic carbocycles. The maximum absolute atomic E-state index is 12.3. The number of aromatic nitrogens is 1. The summed E-state index contributed by atoms with van der Waals surface area (Å²) >= 11 is 5.96. The Bertz CT molecular complexity index is 552. The first-order valence-electron chi connectivity index (χ1n) is 5.53. The van der Waals surface area contributed by atoms with E-state index >= 15 is 0 Å². The topological polar surface area (TPSA) is 34.1 Å². The summed E-state index contributed by atoms with van der Waals surface area (Å²) in [6, 6.07) is 8.23. The zero-order valence-electron chi connectivity index (χ0n) is 9.82. The Labute approximate surface area is 114 Å². The maximum Gasteiger partial charge on any atom is 0.387 e. The standard InChI is InChI=1S/C13H11ClF2N2O/c14-10-5-6-17-8-11(10)18-7-9-3-1-2-4-12(9)19-13(15)16/h1-6,8,13,18H,7H2. The molecule has 3 nitrogen and oxygen atoms in total. The van der Waals surface area contributed by atoms with Crippen LogP contribution >= 0.6 is 11.6 Å². The van der Waals surface area contributed by atoms with Crippen LogP contribution in [0.3, 0.4) is 0 Å². The number of alkyl halides is 2.